The molecule has 1 N–H and O–H groups in total. The Labute approximate surface area is 157 Å². The molecule has 2 amide bonds. The highest BCUT2D eigenvalue weighted by atomic mass is 32.1. The number of nitrogens with one attached hydrogen (secondary N) is 1. The van der Waals surface area contributed by atoms with Crippen LogP contribution in [-0.2, 0) is 16.0 Å². The third-order valence-corrected chi connectivity index (χ3v) is 5.85. The molecule has 1 fully saturated rings. The molecule has 1 aromatic heterocycles. The van der Waals surface area contributed by atoms with Gasteiger partial charge in [0.1, 0.15) is 5.01 Å². The van der Waals surface area contributed by atoms with Crippen molar-refractivity contribution in [2.75, 3.05) is 16.8 Å². The first-order valence-corrected chi connectivity index (χ1v) is 9.87. The highest BCUT2D eigenvalue weighted by Crippen LogP contribution is 2.33. The zero-order valence-electron chi connectivity index (χ0n) is 15.4. The van der Waals surface area contributed by atoms with Crippen LogP contribution >= 0.6 is 11.3 Å². The largest absolute Gasteiger partial charge is 0.311 e. The first-order valence-electron chi connectivity index (χ1n) is 9.06. The summed E-state index contributed by atoms with van der Waals surface area (Å²) >= 11 is 1.37. The molecule has 1 saturated heterocycles. The van der Waals surface area contributed by atoms with E-state index in [1.165, 1.54) is 11.3 Å². The quantitative estimate of drug-likeness (QED) is 0.840. The molecule has 3 rings (SSSR count). The summed E-state index contributed by atoms with van der Waals surface area (Å²) < 4.78 is 0. The maximum absolute atomic E-state index is 12.6. The number of para-hydroxylation sites is 1. The predicted molar refractivity (Wildman–Crippen MR) is 104 cm³/mol. The molecule has 1 aliphatic heterocycles. The fraction of sp³-hybridized carbons (Fsp3) is 0.474. The molecule has 1 aromatic carbocycles. The highest BCUT2D eigenvalue weighted by Gasteiger charge is 2.36. The van der Waals surface area contributed by atoms with E-state index in [1.54, 1.807) is 4.90 Å². The van der Waals surface area contributed by atoms with Gasteiger partial charge in [-0.15, -0.1) is 10.2 Å². The molecule has 138 valence electrons. The van der Waals surface area contributed by atoms with Crippen molar-refractivity contribution in [3.8, 4) is 0 Å². The first-order chi connectivity index (χ1) is 12.5. The average molecular weight is 372 g/mol. The summed E-state index contributed by atoms with van der Waals surface area (Å²) in [6.07, 6.45) is 2.01. The number of hydrogen-bond donors (Lipinski definition) is 1. The molecule has 2 unspecified atom stereocenters. The number of amides is 2. The molecule has 0 saturated carbocycles. The minimum Gasteiger partial charge on any atom is -0.311 e. The van der Waals surface area contributed by atoms with E-state index in [2.05, 4.69) is 35.4 Å². The normalized spacial score (nSPS) is 18.2. The van der Waals surface area contributed by atoms with Crippen LogP contribution in [0.5, 0.6) is 0 Å². The monoisotopic (exact) mass is 372 g/mol. The molecule has 1 aliphatic rings. The predicted octanol–water partition coefficient (Wildman–Crippen LogP) is 3.61. The van der Waals surface area contributed by atoms with E-state index in [4.69, 9.17) is 0 Å². The smallest absolute Gasteiger partial charge is 0.231 e. The van der Waals surface area contributed by atoms with Crippen LogP contribution in [0.15, 0.2) is 24.3 Å². The Bertz CT molecular complexity index is 804. The number of carbonyl (C=O) groups excluding carboxylic acids is 2. The van der Waals surface area contributed by atoms with Gasteiger partial charge >= 0.3 is 0 Å². The van der Waals surface area contributed by atoms with Gasteiger partial charge in [0, 0.05) is 18.7 Å². The third-order valence-electron chi connectivity index (χ3n) is 4.87. The standard InChI is InChI=1S/C19H24N4O2S/c1-4-12(3)14-8-6-7-9-15(14)23-11-13(10-17(23)24)18(25)20-19-22-21-16(5-2)26-19/h6-9,12-13H,4-5,10-11H2,1-3H3,(H,20,22,25). The van der Waals surface area contributed by atoms with Crippen molar-refractivity contribution in [1.29, 1.82) is 0 Å². The number of nitrogens with zero attached hydrogens (tertiary/aromatic N) is 3. The van der Waals surface area contributed by atoms with Gasteiger partial charge in [-0.05, 0) is 30.4 Å². The van der Waals surface area contributed by atoms with Gasteiger partial charge in [0.05, 0.1) is 5.92 Å². The second-order valence-corrected chi connectivity index (χ2v) is 7.68. The van der Waals surface area contributed by atoms with Gasteiger partial charge < -0.3 is 10.2 Å². The number of aryl methyl sites for hydroxylation is 1. The molecule has 26 heavy (non-hydrogen) atoms. The van der Waals surface area contributed by atoms with Gasteiger partial charge in [-0.3, -0.25) is 9.59 Å². The highest BCUT2D eigenvalue weighted by molar-refractivity contribution is 7.15. The van der Waals surface area contributed by atoms with Gasteiger partial charge in [0.25, 0.3) is 0 Å². The third kappa shape index (κ3) is 3.77. The number of anilines is 2. The van der Waals surface area contributed by atoms with Crippen LogP contribution in [0.3, 0.4) is 0 Å². The number of benzene rings is 1. The summed E-state index contributed by atoms with van der Waals surface area (Å²) in [5.41, 5.74) is 2.08. The number of aromatic nitrogens is 2. The van der Waals surface area contributed by atoms with E-state index in [0.29, 0.717) is 17.6 Å². The van der Waals surface area contributed by atoms with Crippen LogP contribution in [0.4, 0.5) is 10.8 Å². The van der Waals surface area contributed by atoms with Crippen LogP contribution in [-0.4, -0.2) is 28.6 Å². The van der Waals surface area contributed by atoms with E-state index in [-0.39, 0.29) is 24.2 Å². The maximum atomic E-state index is 12.6. The number of hydrogen-bond acceptors (Lipinski definition) is 5. The van der Waals surface area contributed by atoms with Crippen molar-refractivity contribution in [3.63, 3.8) is 0 Å². The van der Waals surface area contributed by atoms with Crippen molar-refractivity contribution in [1.82, 2.24) is 10.2 Å². The van der Waals surface area contributed by atoms with Gasteiger partial charge in [-0.1, -0.05) is 50.3 Å². The van der Waals surface area contributed by atoms with E-state index >= 15 is 0 Å². The lowest BCUT2D eigenvalue weighted by atomic mass is 9.96. The lowest BCUT2D eigenvalue weighted by Gasteiger charge is -2.23. The van der Waals surface area contributed by atoms with Gasteiger partial charge in [0.15, 0.2) is 0 Å². The molecule has 0 radical (unpaired) electrons. The average Bonchev–Trinajstić information content (AvgIpc) is 3.27. The Morgan fingerprint density at radius 1 is 1.35 bits per heavy atom. The van der Waals surface area contributed by atoms with Crippen molar-refractivity contribution in [2.45, 2.75) is 46.0 Å². The Hall–Kier alpha value is -2.28. The van der Waals surface area contributed by atoms with E-state index in [1.807, 2.05) is 25.1 Å². The van der Waals surface area contributed by atoms with Crippen LogP contribution in [0, 0.1) is 5.92 Å². The fourth-order valence-electron chi connectivity index (χ4n) is 3.14. The lowest BCUT2D eigenvalue weighted by molar-refractivity contribution is -0.122. The number of carbonyl (C=O) groups is 2. The summed E-state index contributed by atoms with van der Waals surface area (Å²) in [6.45, 7) is 6.69. The molecule has 2 heterocycles. The van der Waals surface area contributed by atoms with Crippen molar-refractivity contribution in [2.24, 2.45) is 5.92 Å². The zero-order valence-corrected chi connectivity index (χ0v) is 16.2. The molecule has 7 heteroatoms. The summed E-state index contributed by atoms with van der Waals surface area (Å²) in [7, 11) is 0. The molecule has 0 aliphatic carbocycles. The summed E-state index contributed by atoms with van der Waals surface area (Å²) in [4.78, 5) is 26.9. The molecular formula is C19H24N4O2S. The Balaban J connectivity index is 1.73. The van der Waals surface area contributed by atoms with Gasteiger partial charge in [-0.2, -0.15) is 0 Å². The molecular weight excluding hydrogens is 348 g/mol. The first kappa shape index (κ1) is 18.5. The van der Waals surface area contributed by atoms with Crippen LogP contribution < -0.4 is 10.2 Å². The van der Waals surface area contributed by atoms with E-state index in [0.717, 1.165) is 29.1 Å². The fourth-order valence-corrected chi connectivity index (χ4v) is 3.82. The number of rotatable bonds is 6. The van der Waals surface area contributed by atoms with E-state index < -0.39 is 0 Å². The second-order valence-electron chi connectivity index (χ2n) is 6.62. The Kier molecular flexibility index (Phi) is 5.66. The molecule has 0 spiro atoms. The van der Waals surface area contributed by atoms with Gasteiger partial charge in [-0.25, -0.2) is 0 Å². The van der Waals surface area contributed by atoms with Crippen LogP contribution in [0.2, 0.25) is 0 Å². The van der Waals surface area contributed by atoms with Crippen LogP contribution in [0.25, 0.3) is 0 Å². The van der Waals surface area contributed by atoms with Crippen molar-refractivity contribution in [3.05, 3.63) is 34.8 Å². The van der Waals surface area contributed by atoms with Crippen LogP contribution in [0.1, 0.15) is 50.1 Å². The maximum Gasteiger partial charge on any atom is 0.231 e. The van der Waals surface area contributed by atoms with Crippen molar-refractivity contribution < 1.29 is 9.59 Å². The molecule has 2 aromatic rings. The SMILES string of the molecule is CCc1nnc(NC(=O)C2CC(=O)N(c3ccccc3C(C)CC)C2)s1. The minimum atomic E-state index is -0.374. The molecule has 6 nitrogen and oxygen atoms in total. The Morgan fingerprint density at radius 3 is 2.81 bits per heavy atom. The summed E-state index contributed by atoms with van der Waals surface area (Å²) in [5.74, 6) is -0.185. The molecule has 0 bridgehead atoms. The van der Waals surface area contributed by atoms with Gasteiger partial charge in [0.2, 0.25) is 16.9 Å². The topological polar surface area (TPSA) is 75.2 Å². The zero-order chi connectivity index (χ0) is 18.7. The molecule has 2 atom stereocenters. The minimum absolute atomic E-state index is 0.00702. The second kappa shape index (κ2) is 7.95. The summed E-state index contributed by atoms with van der Waals surface area (Å²) in [6, 6.07) is 7.97. The van der Waals surface area contributed by atoms with E-state index in [9.17, 15) is 9.59 Å². The van der Waals surface area contributed by atoms with Crippen molar-refractivity contribution >= 4 is 34.0 Å². The lowest BCUT2D eigenvalue weighted by Crippen LogP contribution is -2.29. The Morgan fingerprint density at radius 2 is 2.12 bits per heavy atom. The summed E-state index contributed by atoms with van der Waals surface area (Å²) in [5, 5.41) is 12.2.